The minimum absolute atomic E-state index is 0.0326. The van der Waals surface area contributed by atoms with Crippen LogP contribution in [0.15, 0.2) is 48.5 Å². The van der Waals surface area contributed by atoms with Gasteiger partial charge in [0.15, 0.2) is 0 Å². The average Bonchev–Trinajstić information content (AvgIpc) is 3.45. The number of carbonyl (C=O) groups is 2. The first-order chi connectivity index (χ1) is 14.9. The van der Waals surface area contributed by atoms with Crippen molar-refractivity contribution in [3.63, 3.8) is 0 Å². The summed E-state index contributed by atoms with van der Waals surface area (Å²) in [7, 11) is 0. The number of carboxylic acid groups (broad SMARTS) is 1. The van der Waals surface area contributed by atoms with Gasteiger partial charge in [0.05, 0.1) is 0 Å². The van der Waals surface area contributed by atoms with E-state index >= 15 is 0 Å². The highest BCUT2D eigenvalue weighted by Crippen LogP contribution is 2.53. The molecule has 0 saturated heterocycles. The number of aliphatic carboxylic acids is 1. The molecule has 0 aliphatic heterocycles. The Bertz CT molecular complexity index is 996. The van der Waals surface area contributed by atoms with Gasteiger partial charge < -0.3 is 9.84 Å². The van der Waals surface area contributed by atoms with Gasteiger partial charge in [-0.2, -0.15) is 0 Å². The highest BCUT2D eigenvalue weighted by molar-refractivity contribution is 5.86. The average molecular weight is 420 g/mol. The minimum Gasteiger partial charge on any atom is -0.479 e. The fourth-order valence-electron chi connectivity index (χ4n) is 5.89. The number of nitrogens with zero attached hydrogens (tertiary/aromatic N) is 1. The normalized spacial score (nSPS) is 23.8. The van der Waals surface area contributed by atoms with Gasteiger partial charge in [0.2, 0.25) is 0 Å². The number of ether oxygens (including phenoxy) is 1. The van der Waals surface area contributed by atoms with Gasteiger partial charge in [-0.05, 0) is 59.8 Å². The predicted molar refractivity (Wildman–Crippen MR) is 118 cm³/mol. The van der Waals surface area contributed by atoms with Gasteiger partial charge in [-0.1, -0.05) is 62.4 Å². The molecule has 5 nitrogen and oxygen atoms in total. The number of carboxylic acids is 1. The Morgan fingerprint density at radius 1 is 1.00 bits per heavy atom. The lowest BCUT2D eigenvalue weighted by molar-refractivity contribution is -0.158. The van der Waals surface area contributed by atoms with Crippen molar-refractivity contribution in [2.75, 3.05) is 6.61 Å². The molecule has 0 aromatic heterocycles. The van der Waals surface area contributed by atoms with Crippen LogP contribution in [0, 0.1) is 5.41 Å². The van der Waals surface area contributed by atoms with E-state index < -0.39 is 23.0 Å². The number of amides is 1. The zero-order chi connectivity index (χ0) is 21.8. The van der Waals surface area contributed by atoms with Crippen LogP contribution >= 0.6 is 0 Å². The topological polar surface area (TPSA) is 66.8 Å². The fraction of sp³-hybridized carbons (Fsp3) is 0.462. The smallest absolute Gasteiger partial charge is 0.411 e. The molecule has 5 rings (SSSR count). The molecule has 1 amide bonds. The molecule has 2 aromatic rings. The van der Waals surface area contributed by atoms with E-state index in [0.717, 1.165) is 36.8 Å². The largest absolute Gasteiger partial charge is 0.479 e. The maximum absolute atomic E-state index is 13.4. The van der Waals surface area contributed by atoms with Crippen LogP contribution < -0.4 is 0 Å². The maximum Gasteiger partial charge on any atom is 0.411 e. The number of rotatable bonds is 5. The van der Waals surface area contributed by atoms with Crippen LogP contribution in [0.5, 0.6) is 0 Å². The van der Waals surface area contributed by atoms with Gasteiger partial charge in [-0.3, -0.25) is 4.90 Å². The number of carbonyl (C=O) groups excluding carboxylic acids is 1. The Hall–Kier alpha value is -2.82. The molecule has 0 spiro atoms. The van der Waals surface area contributed by atoms with Crippen molar-refractivity contribution in [3.8, 4) is 11.1 Å². The second-order valence-corrected chi connectivity index (χ2v) is 9.81. The van der Waals surface area contributed by atoms with Crippen molar-refractivity contribution in [1.29, 1.82) is 0 Å². The first kappa shape index (κ1) is 20.1. The summed E-state index contributed by atoms with van der Waals surface area (Å²) in [5.41, 5.74) is 2.98. The van der Waals surface area contributed by atoms with Crippen LogP contribution in [0.25, 0.3) is 11.1 Å². The minimum atomic E-state index is -1.20. The number of benzene rings is 2. The molecule has 0 radical (unpaired) electrons. The zero-order valence-electron chi connectivity index (χ0n) is 18.1. The van der Waals surface area contributed by atoms with Gasteiger partial charge >= 0.3 is 12.1 Å². The van der Waals surface area contributed by atoms with Crippen LogP contribution in [-0.2, 0) is 9.53 Å². The third kappa shape index (κ3) is 2.97. The van der Waals surface area contributed by atoms with Gasteiger partial charge in [0.25, 0.3) is 0 Å². The monoisotopic (exact) mass is 419 g/mol. The lowest BCUT2D eigenvalue weighted by atomic mass is 9.73. The Balaban J connectivity index is 1.43. The standard InChI is InChI=1S/C26H29NO4/c1-25(2)14-7-15-26(25,23(28)29)27(17-12-13-17)24(30)31-16-22-20-10-5-3-8-18(20)19-9-4-6-11-21(19)22/h3-6,8-11,17,22H,7,12-16H2,1-2H3,(H,28,29). The first-order valence-electron chi connectivity index (χ1n) is 11.2. The molecule has 3 aliphatic carbocycles. The third-order valence-corrected chi connectivity index (χ3v) is 7.67. The molecule has 5 heteroatoms. The van der Waals surface area contributed by atoms with E-state index in [9.17, 15) is 14.7 Å². The molecule has 1 N–H and O–H groups in total. The molecule has 31 heavy (non-hydrogen) atoms. The Morgan fingerprint density at radius 2 is 1.58 bits per heavy atom. The molecule has 1 atom stereocenters. The number of fused-ring (bicyclic) bond motifs is 3. The Labute approximate surface area is 183 Å². The first-order valence-corrected chi connectivity index (χ1v) is 11.2. The molecular formula is C26H29NO4. The van der Waals surface area contributed by atoms with Crippen LogP contribution in [0.4, 0.5) is 4.79 Å². The molecule has 2 saturated carbocycles. The zero-order valence-corrected chi connectivity index (χ0v) is 18.1. The van der Waals surface area contributed by atoms with E-state index in [4.69, 9.17) is 4.74 Å². The van der Waals surface area contributed by atoms with Crippen molar-refractivity contribution in [2.45, 2.75) is 63.5 Å². The van der Waals surface area contributed by atoms with E-state index in [1.54, 1.807) is 4.90 Å². The fourth-order valence-corrected chi connectivity index (χ4v) is 5.89. The Kier molecular flexibility index (Phi) is 4.61. The van der Waals surface area contributed by atoms with E-state index in [1.807, 2.05) is 38.1 Å². The second kappa shape index (κ2) is 7.11. The van der Waals surface area contributed by atoms with Crippen molar-refractivity contribution >= 4 is 12.1 Å². The number of hydrogen-bond donors (Lipinski definition) is 1. The van der Waals surface area contributed by atoms with Crippen LogP contribution in [0.1, 0.15) is 63.0 Å². The lowest BCUT2D eigenvalue weighted by Gasteiger charge is -2.46. The van der Waals surface area contributed by atoms with Gasteiger partial charge in [-0.25, -0.2) is 9.59 Å². The summed E-state index contributed by atoms with van der Waals surface area (Å²) in [4.78, 5) is 27.6. The second-order valence-electron chi connectivity index (χ2n) is 9.81. The summed E-state index contributed by atoms with van der Waals surface area (Å²) in [5.74, 6) is -0.940. The SMILES string of the molecule is CC1(C)CCCC1(C(=O)O)N(C(=O)OCC1c2ccccc2-c2ccccc21)C1CC1. The summed E-state index contributed by atoms with van der Waals surface area (Å²) >= 11 is 0. The molecule has 0 bridgehead atoms. The molecule has 2 fully saturated rings. The summed E-state index contributed by atoms with van der Waals surface area (Å²) in [6, 6.07) is 16.4. The van der Waals surface area contributed by atoms with Crippen LogP contribution in [-0.4, -0.2) is 40.3 Å². The van der Waals surface area contributed by atoms with Crippen LogP contribution in [0.2, 0.25) is 0 Å². The van der Waals surface area contributed by atoms with Gasteiger partial charge in [-0.15, -0.1) is 0 Å². The van der Waals surface area contributed by atoms with E-state index in [2.05, 4.69) is 24.3 Å². The molecule has 162 valence electrons. The van der Waals surface area contributed by atoms with Crippen molar-refractivity contribution < 1.29 is 19.4 Å². The van der Waals surface area contributed by atoms with E-state index in [1.165, 1.54) is 11.1 Å². The van der Waals surface area contributed by atoms with Crippen molar-refractivity contribution in [2.24, 2.45) is 5.41 Å². The quantitative estimate of drug-likeness (QED) is 0.701. The summed E-state index contributed by atoms with van der Waals surface area (Å²) in [6.45, 7) is 4.16. The maximum atomic E-state index is 13.4. The third-order valence-electron chi connectivity index (χ3n) is 7.67. The van der Waals surface area contributed by atoms with Gasteiger partial charge in [0, 0.05) is 12.0 Å². The molecule has 1 unspecified atom stereocenters. The highest BCUT2D eigenvalue weighted by atomic mass is 16.6. The van der Waals surface area contributed by atoms with E-state index in [-0.39, 0.29) is 18.6 Å². The van der Waals surface area contributed by atoms with Crippen molar-refractivity contribution in [1.82, 2.24) is 4.90 Å². The van der Waals surface area contributed by atoms with E-state index in [0.29, 0.717) is 6.42 Å². The summed E-state index contributed by atoms with van der Waals surface area (Å²) < 4.78 is 5.91. The van der Waals surface area contributed by atoms with Gasteiger partial charge in [0.1, 0.15) is 12.1 Å². The van der Waals surface area contributed by atoms with Crippen LogP contribution in [0.3, 0.4) is 0 Å². The Morgan fingerprint density at radius 3 is 2.06 bits per heavy atom. The molecule has 2 aromatic carbocycles. The highest BCUT2D eigenvalue weighted by Gasteiger charge is 2.63. The summed E-state index contributed by atoms with van der Waals surface area (Å²) in [5, 5.41) is 10.3. The predicted octanol–water partition coefficient (Wildman–Crippen LogP) is 5.43. The number of hydrogen-bond acceptors (Lipinski definition) is 3. The molecule has 3 aliphatic rings. The summed E-state index contributed by atoms with van der Waals surface area (Å²) in [6.07, 6.45) is 3.28. The molecule has 0 heterocycles. The van der Waals surface area contributed by atoms with Crippen molar-refractivity contribution in [3.05, 3.63) is 59.7 Å². The lowest BCUT2D eigenvalue weighted by Crippen LogP contribution is -2.63. The molecular weight excluding hydrogens is 390 g/mol.